The lowest BCUT2D eigenvalue weighted by atomic mass is 9.97. The third-order valence-electron chi connectivity index (χ3n) is 5.17. The van der Waals surface area contributed by atoms with E-state index in [0.717, 1.165) is 37.9 Å². The average molecular weight is 333 g/mol. The molecule has 2 saturated carbocycles. The molecule has 3 aliphatic rings. The summed E-state index contributed by atoms with van der Waals surface area (Å²) in [5.41, 5.74) is 1.05. The van der Waals surface area contributed by atoms with Crippen molar-refractivity contribution in [1.29, 1.82) is 0 Å². The van der Waals surface area contributed by atoms with Gasteiger partial charge < -0.3 is 10.6 Å². The van der Waals surface area contributed by atoms with Crippen LogP contribution in [0.25, 0.3) is 0 Å². The molecule has 0 spiro atoms. The lowest BCUT2D eigenvalue weighted by Gasteiger charge is -2.22. The molecule has 1 aromatic heterocycles. The van der Waals surface area contributed by atoms with Crippen molar-refractivity contribution < 1.29 is 9.59 Å². The van der Waals surface area contributed by atoms with Crippen molar-refractivity contribution in [3.63, 3.8) is 0 Å². The first-order valence-corrected chi connectivity index (χ1v) is 9.49. The minimum absolute atomic E-state index is 0.0382. The third-order valence-corrected chi connectivity index (χ3v) is 6.29. The van der Waals surface area contributed by atoms with E-state index in [1.54, 1.807) is 0 Å². The summed E-state index contributed by atoms with van der Waals surface area (Å²) in [6.45, 7) is 2.90. The number of nitrogens with zero attached hydrogens (tertiary/aromatic N) is 1. The van der Waals surface area contributed by atoms with Crippen LogP contribution in [0.5, 0.6) is 0 Å². The van der Waals surface area contributed by atoms with Crippen LogP contribution in [0.3, 0.4) is 0 Å². The van der Waals surface area contributed by atoms with Gasteiger partial charge in [0, 0.05) is 29.8 Å². The molecule has 0 radical (unpaired) electrons. The van der Waals surface area contributed by atoms with Crippen LogP contribution in [0, 0.1) is 17.8 Å². The lowest BCUT2D eigenvalue weighted by Crippen LogP contribution is -2.39. The zero-order valence-electron chi connectivity index (χ0n) is 13.4. The van der Waals surface area contributed by atoms with Crippen molar-refractivity contribution in [2.24, 2.45) is 17.8 Å². The zero-order valence-corrected chi connectivity index (χ0v) is 14.2. The molecule has 3 aliphatic carbocycles. The number of amides is 2. The molecule has 0 bridgehead atoms. The Bertz CT molecular complexity index is 638. The number of rotatable bonds is 5. The van der Waals surface area contributed by atoms with Crippen LogP contribution in [0.4, 0.5) is 0 Å². The number of thiazole rings is 1. The molecular weight excluding hydrogens is 310 g/mol. The number of fused-ring (bicyclic) bond motifs is 1. The predicted octanol–water partition coefficient (Wildman–Crippen LogP) is 1.91. The van der Waals surface area contributed by atoms with Crippen molar-refractivity contribution in [3.8, 4) is 0 Å². The van der Waals surface area contributed by atoms with Crippen LogP contribution in [0.15, 0.2) is 0 Å². The van der Waals surface area contributed by atoms with Crippen LogP contribution in [0.1, 0.15) is 53.0 Å². The highest BCUT2D eigenvalue weighted by atomic mass is 32.1. The average Bonchev–Trinajstić information content (AvgIpc) is 3.43. The number of nitrogens with one attached hydrogen (secondary N) is 2. The molecule has 1 aromatic rings. The van der Waals surface area contributed by atoms with Gasteiger partial charge in [0.25, 0.3) is 5.91 Å². The van der Waals surface area contributed by atoms with Gasteiger partial charge in [-0.2, -0.15) is 0 Å². The summed E-state index contributed by atoms with van der Waals surface area (Å²) < 4.78 is 0. The maximum Gasteiger partial charge on any atom is 0.280 e. The highest BCUT2D eigenvalue weighted by Crippen LogP contribution is 2.38. The molecule has 5 nitrogen and oxygen atoms in total. The minimum Gasteiger partial charge on any atom is -0.353 e. The standard InChI is InChI=1S/C17H23N3O2S/c1-9-6-12(9)15(21)19-11-4-5-13-14(7-11)23-17(20-13)16(22)18-8-10-2-3-10/h9-12H,2-8H2,1H3,(H,18,22)(H,19,21)/t9-,11+,12-/m1/s1. The Hall–Kier alpha value is -1.43. The first kappa shape index (κ1) is 15.1. The van der Waals surface area contributed by atoms with Crippen molar-refractivity contribution in [3.05, 3.63) is 15.6 Å². The van der Waals surface area contributed by atoms with Crippen molar-refractivity contribution in [2.75, 3.05) is 6.54 Å². The van der Waals surface area contributed by atoms with E-state index in [-0.39, 0.29) is 23.8 Å². The van der Waals surface area contributed by atoms with Gasteiger partial charge >= 0.3 is 0 Å². The molecule has 6 heteroatoms. The Labute approximate surface area is 140 Å². The summed E-state index contributed by atoms with van der Waals surface area (Å²) >= 11 is 1.50. The van der Waals surface area contributed by atoms with E-state index in [9.17, 15) is 9.59 Å². The van der Waals surface area contributed by atoms with E-state index in [0.29, 0.717) is 16.8 Å². The molecule has 4 rings (SSSR count). The Morgan fingerprint density at radius 3 is 2.78 bits per heavy atom. The summed E-state index contributed by atoms with van der Waals surface area (Å²) in [7, 11) is 0. The van der Waals surface area contributed by atoms with Gasteiger partial charge in [0.05, 0.1) is 5.69 Å². The Morgan fingerprint density at radius 1 is 1.30 bits per heavy atom. The highest BCUT2D eigenvalue weighted by Gasteiger charge is 2.40. The molecular formula is C17H23N3O2S. The van der Waals surface area contributed by atoms with Crippen LogP contribution in [0.2, 0.25) is 0 Å². The number of hydrogen-bond acceptors (Lipinski definition) is 4. The fourth-order valence-electron chi connectivity index (χ4n) is 3.23. The smallest absolute Gasteiger partial charge is 0.280 e. The van der Waals surface area contributed by atoms with E-state index in [1.807, 2.05) is 0 Å². The summed E-state index contributed by atoms with van der Waals surface area (Å²) in [5.74, 6) is 1.61. The number of carbonyl (C=O) groups excluding carboxylic acids is 2. The number of aryl methyl sites for hydroxylation is 1. The summed E-state index contributed by atoms with van der Waals surface area (Å²) in [6, 6.07) is 0.200. The fraction of sp³-hybridized carbons (Fsp3) is 0.706. The highest BCUT2D eigenvalue weighted by molar-refractivity contribution is 7.13. The summed E-state index contributed by atoms with van der Waals surface area (Å²) in [5, 5.41) is 6.74. The molecule has 0 aliphatic heterocycles. The van der Waals surface area contributed by atoms with E-state index in [2.05, 4.69) is 22.5 Å². The van der Waals surface area contributed by atoms with Gasteiger partial charge in [-0.1, -0.05) is 6.92 Å². The minimum atomic E-state index is -0.0382. The SMILES string of the molecule is C[C@@H]1C[C@H]1C(=O)N[C@H]1CCc2nc(C(=O)NCC3CC3)sc2C1. The zero-order chi connectivity index (χ0) is 16.0. The quantitative estimate of drug-likeness (QED) is 0.865. The van der Waals surface area contributed by atoms with Gasteiger partial charge in [-0.15, -0.1) is 11.3 Å². The second-order valence-electron chi connectivity index (χ2n) is 7.31. The van der Waals surface area contributed by atoms with Crippen molar-refractivity contribution in [2.45, 2.75) is 51.5 Å². The lowest BCUT2D eigenvalue weighted by molar-refractivity contribution is -0.123. The van der Waals surface area contributed by atoms with E-state index in [1.165, 1.54) is 29.1 Å². The topological polar surface area (TPSA) is 71.1 Å². The number of aromatic nitrogens is 1. The van der Waals surface area contributed by atoms with Crippen LogP contribution in [-0.4, -0.2) is 29.4 Å². The molecule has 124 valence electrons. The Balaban J connectivity index is 1.35. The van der Waals surface area contributed by atoms with Gasteiger partial charge in [-0.3, -0.25) is 9.59 Å². The van der Waals surface area contributed by atoms with Gasteiger partial charge in [-0.25, -0.2) is 4.98 Å². The fourth-order valence-corrected chi connectivity index (χ4v) is 4.33. The van der Waals surface area contributed by atoms with E-state index >= 15 is 0 Å². The van der Waals surface area contributed by atoms with Gasteiger partial charge in [0.1, 0.15) is 0 Å². The third kappa shape index (κ3) is 3.42. The molecule has 2 amide bonds. The molecule has 2 N–H and O–H groups in total. The molecule has 1 heterocycles. The van der Waals surface area contributed by atoms with Gasteiger partial charge in [0.2, 0.25) is 5.91 Å². The van der Waals surface area contributed by atoms with E-state index in [4.69, 9.17) is 0 Å². The van der Waals surface area contributed by atoms with Crippen molar-refractivity contribution >= 4 is 23.2 Å². The monoisotopic (exact) mass is 333 g/mol. The van der Waals surface area contributed by atoms with Crippen LogP contribution < -0.4 is 10.6 Å². The Morgan fingerprint density at radius 2 is 2.09 bits per heavy atom. The number of carbonyl (C=O) groups is 2. The van der Waals surface area contributed by atoms with Crippen molar-refractivity contribution in [1.82, 2.24) is 15.6 Å². The molecule has 0 saturated heterocycles. The Kier molecular flexibility index (Phi) is 3.87. The maximum absolute atomic E-state index is 12.2. The van der Waals surface area contributed by atoms with Crippen LogP contribution in [-0.2, 0) is 17.6 Å². The second-order valence-corrected chi connectivity index (χ2v) is 8.39. The summed E-state index contributed by atoms with van der Waals surface area (Å²) in [6.07, 6.45) is 6.08. The molecule has 2 fully saturated rings. The largest absolute Gasteiger partial charge is 0.353 e. The summed E-state index contributed by atoms with van der Waals surface area (Å²) in [4.78, 5) is 29.9. The predicted molar refractivity (Wildman–Crippen MR) is 88.4 cm³/mol. The molecule has 23 heavy (non-hydrogen) atoms. The first-order valence-electron chi connectivity index (χ1n) is 8.67. The molecule has 0 aromatic carbocycles. The molecule has 0 unspecified atom stereocenters. The number of hydrogen-bond donors (Lipinski definition) is 2. The van der Waals surface area contributed by atoms with Gasteiger partial charge in [0.15, 0.2) is 5.01 Å². The second kappa shape index (κ2) is 5.89. The normalized spacial score (nSPS) is 28.8. The first-order chi connectivity index (χ1) is 11.1. The molecule has 3 atom stereocenters. The van der Waals surface area contributed by atoms with Gasteiger partial charge in [-0.05, 0) is 43.9 Å². The van der Waals surface area contributed by atoms with E-state index < -0.39 is 0 Å². The van der Waals surface area contributed by atoms with Crippen LogP contribution >= 0.6 is 11.3 Å². The maximum atomic E-state index is 12.2.